The lowest BCUT2D eigenvalue weighted by Crippen LogP contribution is -2.34. The van der Waals surface area contributed by atoms with Crippen molar-refractivity contribution in [1.82, 2.24) is 4.98 Å². The number of thiazole rings is 1. The van der Waals surface area contributed by atoms with Gasteiger partial charge in [-0.3, -0.25) is 0 Å². The van der Waals surface area contributed by atoms with Crippen molar-refractivity contribution in [1.29, 1.82) is 5.26 Å². The Bertz CT molecular complexity index is 778. The number of piperidine rings is 1. The van der Waals surface area contributed by atoms with Crippen LogP contribution < -0.4 is 4.90 Å². The van der Waals surface area contributed by atoms with Crippen molar-refractivity contribution >= 4 is 17.0 Å². The molecule has 1 aliphatic heterocycles. The first-order valence-corrected chi connectivity index (χ1v) is 8.23. The molecule has 0 bridgehead atoms. The molecule has 1 fully saturated rings. The summed E-state index contributed by atoms with van der Waals surface area (Å²) in [5, 5.41) is 10.7. The van der Waals surface area contributed by atoms with E-state index in [0.717, 1.165) is 29.6 Å². The van der Waals surface area contributed by atoms with Gasteiger partial charge in [0.2, 0.25) is 0 Å². The number of anilines is 1. The zero-order chi connectivity index (χ0) is 17.3. The third kappa shape index (κ3) is 3.36. The van der Waals surface area contributed by atoms with Gasteiger partial charge in [-0.2, -0.15) is 18.4 Å². The Morgan fingerprint density at radius 2 is 2.12 bits per heavy atom. The normalized spacial score (nSPS) is 18.5. The Balaban J connectivity index is 1.83. The lowest BCUT2D eigenvalue weighted by atomic mass is 9.97. The van der Waals surface area contributed by atoms with Crippen LogP contribution >= 0.6 is 11.3 Å². The number of aromatic nitrogens is 1. The fourth-order valence-electron chi connectivity index (χ4n) is 2.88. The van der Waals surface area contributed by atoms with Gasteiger partial charge < -0.3 is 4.90 Å². The van der Waals surface area contributed by atoms with Gasteiger partial charge in [-0.1, -0.05) is 0 Å². The Morgan fingerprint density at radius 3 is 2.79 bits per heavy atom. The first kappa shape index (κ1) is 16.7. The number of nitrogens with zero attached hydrogens (tertiary/aromatic N) is 3. The van der Waals surface area contributed by atoms with Gasteiger partial charge in [0.1, 0.15) is 11.9 Å². The number of nitriles is 1. The molecule has 2 heterocycles. The molecule has 2 aromatic rings. The molecule has 126 valence electrons. The fourth-order valence-corrected chi connectivity index (χ4v) is 3.83. The molecule has 0 amide bonds. The summed E-state index contributed by atoms with van der Waals surface area (Å²) in [5.41, 5.74) is -0.0268. The molecule has 0 aliphatic carbocycles. The van der Waals surface area contributed by atoms with Gasteiger partial charge in [0.05, 0.1) is 16.3 Å². The summed E-state index contributed by atoms with van der Waals surface area (Å²) >= 11 is 1.01. The maximum atomic E-state index is 13.3. The minimum Gasteiger partial charge on any atom is -0.370 e. The van der Waals surface area contributed by atoms with Crippen LogP contribution in [0.2, 0.25) is 0 Å². The standard InChI is InChI=1S/C16H13F4N3S/c17-12-3-4-13(11(6-12)7-21)23-5-1-2-10(8-23)15-22-14(9-24-15)16(18,19)20/h3-4,6,9-10H,1-2,5,8H2. The average Bonchev–Trinajstić information content (AvgIpc) is 3.05. The van der Waals surface area contributed by atoms with E-state index in [0.29, 0.717) is 23.8 Å². The molecular weight excluding hydrogens is 342 g/mol. The Morgan fingerprint density at radius 1 is 1.33 bits per heavy atom. The first-order chi connectivity index (χ1) is 11.4. The van der Waals surface area contributed by atoms with Crippen molar-refractivity contribution < 1.29 is 17.6 Å². The van der Waals surface area contributed by atoms with Crippen LogP contribution in [0.15, 0.2) is 23.6 Å². The van der Waals surface area contributed by atoms with Gasteiger partial charge in [0.15, 0.2) is 5.69 Å². The van der Waals surface area contributed by atoms with Crippen LogP contribution in [0.3, 0.4) is 0 Å². The van der Waals surface area contributed by atoms with Crippen molar-refractivity contribution in [3.63, 3.8) is 0 Å². The Hall–Kier alpha value is -2.14. The van der Waals surface area contributed by atoms with Crippen molar-refractivity contribution in [2.75, 3.05) is 18.0 Å². The van der Waals surface area contributed by atoms with Gasteiger partial charge in [0, 0.05) is 24.4 Å². The van der Waals surface area contributed by atoms with Crippen LogP contribution in [-0.2, 0) is 6.18 Å². The summed E-state index contributed by atoms with van der Waals surface area (Å²) in [6, 6.07) is 5.96. The van der Waals surface area contributed by atoms with E-state index in [9.17, 15) is 22.8 Å². The smallest absolute Gasteiger partial charge is 0.370 e. The van der Waals surface area contributed by atoms with Gasteiger partial charge in [-0.05, 0) is 31.0 Å². The lowest BCUT2D eigenvalue weighted by Gasteiger charge is -2.34. The van der Waals surface area contributed by atoms with Crippen LogP contribution in [0.5, 0.6) is 0 Å². The second kappa shape index (κ2) is 6.40. The zero-order valence-electron chi connectivity index (χ0n) is 12.5. The number of hydrogen-bond acceptors (Lipinski definition) is 4. The van der Waals surface area contributed by atoms with Crippen LogP contribution in [-0.4, -0.2) is 18.1 Å². The molecule has 1 aromatic heterocycles. The summed E-state index contributed by atoms with van der Waals surface area (Å²) in [5.74, 6) is -0.616. The highest BCUT2D eigenvalue weighted by Gasteiger charge is 2.35. The van der Waals surface area contributed by atoms with E-state index < -0.39 is 17.7 Å². The quantitative estimate of drug-likeness (QED) is 0.742. The second-order valence-electron chi connectivity index (χ2n) is 5.63. The molecule has 1 saturated heterocycles. The molecule has 8 heteroatoms. The monoisotopic (exact) mass is 355 g/mol. The predicted molar refractivity (Wildman–Crippen MR) is 82.4 cm³/mol. The molecule has 1 atom stereocenters. The molecule has 1 aromatic carbocycles. The van der Waals surface area contributed by atoms with E-state index in [-0.39, 0.29) is 11.5 Å². The lowest BCUT2D eigenvalue weighted by molar-refractivity contribution is -0.140. The number of hydrogen-bond donors (Lipinski definition) is 0. The summed E-state index contributed by atoms with van der Waals surface area (Å²) in [6.45, 7) is 1.14. The molecule has 1 unspecified atom stereocenters. The van der Waals surface area contributed by atoms with Crippen molar-refractivity contribution in [2.24, 2.45) is 0 Å². The van der Waals surface area contributed by atoms with Crippen molar-refractivity contribution in [2.45, 2.75) is 24.9 Å². The molecule has 0 spiro atoms. The van der Waals surface area contributed by atoms with Crippen molar-refractivity contribution in [3.8, 4) is 6.07 Å². The van der Waals surface area contributed by atoms with E-state index in [4.69, 9.17) is 0 Å². The fraction of sp³-hybridized carbons (Fsp3) is 0.375. The largest absolute Gasteiger partial charge is 0.434 e. The molecule has 0 radical (unpaired) electrons. The van der Waals surface area contributed by atoms with Crippen LogP contribution in [0.25, 0.3) is 0 Å². The third-order valence-corrected chi connectivity index (χ3v) is 5.01. The van der Waals surface area contributed by atoms with E-state index in [1.807, 2.05) is 11.0 Å². The highest BCUT2D eigenvalue weighted by Crippen LogP contribution is 2.36. The molecular formula is C16H13F4N3S. The maximum absolute atomic E-state index is 13.3. The summed E-state index contributed by atoms with van der Waals surface area (Å²) < 4.78 is 51.4. The molecule has 24 heavy (non-hydrogen) atoms. The summed E-state index contributed by atoms with van der Waals surface area (Å²) in [7, 11) is 0. The molecule has 0 N–H and O–H groups in total. The zero-order valence-corrected chi connectivity index (χ0v) is 13.3. The van der Waals surface area contributed by atoms with Gasteiger partial charge in [-0.25, -0.2) is 9.37 Å². The Labute approximate surface area is 140 Å². The maximum Gasteiger partial charge on any atom is 0.434 e. The predicted octanol–water partition coefficient (Wildman–Crippen LogP) is 4.56. The number of benzene rings is 1. The number of halogens is 4. The molecule has 3 rings (SSSR count). The van der Waals surface area contributed by atoms with E-state index in [1.54, 1.807) is 6.07 Å². The summed E-state index contributed by atoms with van der Waals surface area (Å²) in [4.78, 5) is 5.65. The molecule has 0 saturated carbocycles. The first-order valence-electron chi connectivity index (χ1n) is 7.35. The van der Waals surface area contributed by atoms with Crippen molar-refractivity contribution in [3.05, 3.63) is 45.7 Å². The highest BCUT2D eigenvalue weighted by molar-refractivity contribution is 7.09. The minimum absolute atomic E-state index is 0.128. The van der Waals surface area contributed by atoms with E-state index in [2.05, 4.69) is 4.98 Å². The summed E-state index contributed by atoms with van der Waals surface area (Å²) in [6.07, 6.45) is -2.92. The number of rotatable bonds is 2. The van der Waals surface area contributed by atoms with Crippen LogP contribution in [0.1, 0.15) is 35.0 Å². The van der Waals surface area contributed by atoms with Gasteiger partial charge in [-0.15, -0.1) is 11.3 Å². The van der Waals surface area contributed by atoms with E-state index in [1.165, 1.54) is 12.1 Å². The Kier molecular flexibility index (Phi) is 4.45. The highest BCUT2D eigenvalue weighted by atomic mass is 32.1. The van der Waals surface area contributed by atoms with Gasteiger partial charge >= 0.3 is 6.18 Å². The average molecular weight is 355 g/mol. The second-order valence-corrected chi connectivity index (χ2v) is 6.52. The minimum atomic E-state index is -4.44. The van der Waals surface area contributed by atoms with Crippen LogP contribution in [0, 0.1) is 17.1 Å². The topological polar surface area (TPSA) is 39.9 Å². The number of alkyl halides is 3. The SMILES string of the molecule is N#Cc1cc(F)ccc1N1CCCC(c2nc(C(F)(F)F)cs2)C1. The molecule has 1 aliphatic rings. The van der Waals surface area contributed by atoms with Crippen LogP contribution in [0.4, 0.5) is 23.2 Å². The third-order valence-electron chi connectivity index (χ3n) is 4.00. The molecule has 3 nitrogen and oxygen atoms in total. The van der Waals surface area contributed by atoms with E-state index >= 15 is 0 Å². The van der Waals surface area contributed by atoms with Gasteiger partial charge in [0.25, 0.3) is 0 Å².